The highest BCUT2D eigenvalue weighted by Gasteiger charge is 2.62. The number of fused-ring (bicyclic) bond motifs is 5. The average Bonchev–Trinajstić information content (AvgIpc) is 3.04. The van der Waals surface area contributed by atoms with E-state index < -0.39 is 12.6 Å². The van der Waals surface area contributed by atoms with Crippen LogP contribution < -0.4 is 0 Å². The van der Waals surface area contributed by atoms with Gasteiger partial charge < -0.3 is 20.2 Å². The maximum Gasteiger partial charge on any atom is 0.303 e. The first-order chi connectivity index (χ1) is 14.2. The Labute approximate surface area is 180 Å². The number of hydrogen-bond donors (Lipinski definition) is 3. The van der Waals surface area contributed by atoms with Crippen molar-refractivity contribution in [1.29, 1.82) is 0 Å². The van der Waals surface area contributed by atoms with E-state index in [0.29, 0.717) is 42.7 Å². The van der Waals surface area contributed by atoms with Crippen LogP contribution in [-0.2, 0) is 9.59 Å². The molecule has 3 saturated carbocycles. The van der Waals surface area contributed by atoms with Crippen LogP contribution in [-0.4, -0.2) is 57.9 Å². The number of aliphatic hydroxyl groups is 2. The van der Waals surface area contributed by atoms with Gasteiger partial charge in [0.05, 0.1) is 6.10 Å². The molecule has 0 aromatic heterocycles. The molecule has 3 N–H and O–H groups in total. The Morgan fingerprint density at radius 3 is 2.50 bits per heavy atom. The maximum atomic E-state index is 12.0. The molecule has 6 nitrogen and oxygen atoms in total. The Bertz CT molecular complexity index is 683. The SMILES string of the molecule is CC12CCC3C(C(O)CC4CN(C(=O)CO)CCC43C)C1CCC2CCCC(=O)O. The Morgan fingerprint density at radius 1 is 1.07 bits per heavy atom. The first-order valence-corrected chi connectivity index (χ1v) is 12.0. The van der Waals surface area contributed by atoms with Gasteiger partial charge in [0.25, 0.3) is 0 Å². The first kappa shape index (κ1) is 22.1. The van der Waals surface area contributed by atoms with Crippen molar-refractivity contribution in [1.82, 2.24) is 4.90 Å². The van der Waals surface area contributed by atoms with Crippen LogP contribution in [0.4, 0.5) is 0 Å². The fourth-order valence-electron chi connectivity index (χ4n) is 8.34. The van der Waals surface area contributed by atoms with Crippen molar-refractivity contribution in [2.45, 2.75) is 77.7 Å². The van der Waals surface area contributed by atoms with Crippen LogP contribution in [0.2, 0.25) is 0 Å². The molecule has 8 atom stereocenters. The van der Waals surface area contributed by atoms with Crippen molar-refractivity contribution in [3.05, 3.63) is 0 Å². The van der Waals surface area contributed by atoms with Gasteiger partial charge in [-0.1, -0.05) is 13.8 Å². The number of piperidine rings is 1. The van der Waals surface area contributed by atoms with E-state index in [-0.39, 0.29) is 29.3 Å². The molecular weight excluding hydrogens is 382 g/mol. The van der Waals surface area contributed by atoms with Crippen molar-refractivity contribution in [2.75, 3.05) is 19.7 Å². The fraction of sp³-hybridized carbons (Fsp3) is 0.917. The van der Waals surface area contributed by atoms with Gasteiger partial charge in [0.1, 0.15) is 6.61 Å². The summed E-state index contributed by atoms with van der Waals surface area (Å²) in [5.41, 5.74) is 0.371. The molecule has 1 heterocycles. The predicted molar refractivity (Wildman–Crippen MR) is 113 cm³/mol. The van der Waals surface area contributed by atoms with E-state index in [1.165, 1.54) is 6.42 Å². The number of hydrogen-bond acceptors (Lipinski definition) is 4. The topological polar surface area (TPSA) is 98.1 Å². The minimum Gasteiger partial charge on any atom is -0.481 e. The molecule has 0 aromatic carbocycles. The van der Waals surface area contributed by atoms with Gasteiger partial charge >= 0.3 is 5.97 Å². The van der Waals surface area contributed by atoms with E-state index in [0.717, 1.165) is 44.9 Å². The molecule has 8 unspecified atom stereocenters. The number of likely N-dealkylation sites (tertiary alicyclic amines) is 1. The van der Waals surface area contributed by atoms with E-state index in [1.807, 2.05) is 0 Å². The third-order valence-corrected chi connectivity index (χ3v) is 10.1. The lowest BCUT2D eigenvalue weighted by atomic mass is 9.45. The molecule has 30 heavy (non-hydrogen) atoms. The molecule has 4 fully saturated rings. The van der Waals surface area contributed by atoms with Crippen LogP contribution >= 0.6 is 0 Å². The summed E-state index contributed by atoms with van der Waals surface area (Å²) in [7, 11) is 0. The normalized spacial score (nSPS) is 45.4. The van der Waals surface area contributed by atoms with E-state index in [9.17, 15) is 19.8 Å². The molecule has 0 spiro atoms. The number of carbonyl (C=O) groups excluding carboxylic acids is 1. The summed E-state index contributed by atoms with van der Waals surface area (Å²) in [4.78, 5) is 24.8. The van der Waals surface area contributed by atoms with Crippen LogP contribution in [0, 0.1) is 40.4 Å². The molecule has 1 aliphatic heterocycles. The van der Waals surface area contributed by atoms with Gasteiger partial charge in [0.15, 0.2) is 0 Å². The lowest BCUT2D eigenvalue weighted by molar-refractivity contribution is -0.175. The lowest BCUT2D eigenvalue weighted by Crippen LogP contribution is -2.61. The molecule has 6 heteroatoms. The second-order valence-corrected chi connectivity index (χ2v) is 11.1. The van der Waals surface area contributed by atoms with E-state index in [2.05, 4.69) is 13.8 Å². The van der Waals surface area contributed by atoms with Crippen molar-refractivity contribution in [2.24, 2.45) is 40.4 Å². The van der Waals surface area contributed by atoms with Crippen molar-refractivity contribution < 1.29 is 24.9 Å². The Hall–Kier alpha value is -1.14. The summed E-state index contributed by atoms with van der Waals surface area (Å²) < 4.78 is 0. The van der Waals surface area contributed by atoms with Gasteiger partial charge in [-0.3, -0.25) is 9.59 Å². The smallest absolute Gasteiger partial charge is 0.303 e. The van der Waals surface area contributed by atoms with Gasteiger partial charge in [0, 0.05) is 19.5 Å². The Morgan fingerprint density at radius 2 is 1.80 bits per heavy atom. The monoisotopic (exact) mass is 421 g/mol. The summed E-state index contributed by atoms with van der Waals surface area (Å²) in [5.74, 6) is 1.33. The second kappa shape index (κ2) is 8.09. The minimum absolute atomic E-state index is 0.152. The molecule has 170 valence electrons. The number of carbonyl (C=O) groups is 2. The van der Waals surface area contributed by atoms with Crippen LogP contribution in [0.1, 0.15) is 71.6 Å². The standard InChI is InChI=1S/C24H39NO5/c1-23-9-8-18-22(17(23)7-6-15(23)4-3-5-21(29)30)19(27)12-16-13-25(20(28)14-26)11-10-24(16,18)2/h15-19,22,26-27H,3-14H2,1-2H3,(H,29,30). The average molecular weight is 422 g/mol. The van der Waals surface area contributed by atoms with E-state index in [1.54, 1.807) is 4.90 Å². The summed E-state index contributed by atoms with van der Waals surface area (Å²) in [6.07, 6.45) is 8.02. The molecule has 0 radical (unpaired) electrons. The molecule has 3 aliphatic carbocycles. The zero-order valence-corrected chi connectivity index (χ0v) is 18.6. The predicted octanol–water partition coefficient (Wildman–Crippen LogP) is 2.91. The highest BCUT2D eigenvalue weighted by atomic mass is 16.4. The molecular formula is C24H39NO5. The van der Waals surface area contributed by atoms with Crippen molar-refractivity contribution in [3.63, 3.8) is 0 Å². The highest BCUT2D eigenvalue weighted by molar-refractivity contribution is 5.77. The zero-order valence-electron chi connectivity index (χ0n) is 18.6. The molecule has 0 aromatic rings. The third kappa shape index (κ3) is 3.48. The molecule has 4 aliphatic rings. The minimum atomic E-state index is -0.703. The van der Waals surface area contributed by atoms with Crippen LogP contribution in [0.25, 0.3) is 0 Å². The number of amides is 1. The van der Waals surface area contributed by atoms with Crippen LogP contribution in [0.5, 0.6) is 0 Å². The van der Waals surface area contributed by atoms with Gasteiger partial charge in [-0.05, 0) is 91.8 Å². The highest BCUT2D eigenvalue weighted by Crippen LogP contribution is 2.67. The van der Waals surface area contributed by atoms with Crippen LogP contribution in [0.15, 0.2) is 0 Å². The maximum absolute atomic E-state index is 12.0. The molecule has 0 bridgehead atoms. The number of nitrogens with zero attached hydrogens (tertiary/aromatic N) is 1. The fourth-order valence-corrected chi connectivity index (χ4v) is 8.34. The number of aliphatic hydroxyl groups excluding tert-OH is 2. The van der Waals surface area contributed by atoms with Crippen molar-refractivity contribution >= 4 is 11.9 Å². The molecule has 1 amide bonds. The third-order valence-electron chi connectivity index (χ3n) is 10.1. The van der Waals surface area contributed by atoms with Gasteiger partial charge in [0.2, 0.25) is 5.91 Å². The largest absolute Gasteiger partial charge is 0.481 e. The summed E-state index contributed by atoms with van der Waals surface area (Å²) >= 11 is 0. The summed E-state index contributed by atoms with van der Waals surface area (Å²) in [6, 6.07) is 0. The van der Waals surface area contributed by atoms with Crippen molar-refractivity contribution in [3.8, 4) is 0 Å². The number of rotatable bonds is 5. The zero-order chi connectivity index (χ0) is 21.7. The van der Waals surface area contributed by atoms with Gasteiger partial charge in [-0.2, -0.15) is 0 Å². The molecule has 1 saturated heterocycles. The summed E-state index contributed by atoms with van der Waals surface area (Å²) in [5, 5.41) is 29.6. The molecule has 4 rings (SSSR count). The lowest BCUT2D eigenvalue weighted by Gasteiger charge is -2.62. The van der Waals surface area contributed by atoms with Gasteiger partial charge in [-0.15, -0.1) is 0 Å². The summed E-state index contributed by atoms with van der Waals surface area (Å²) in [6.45, 7) is 5.75. The van der Waals surface area contributed by atoms with E-state index >= 15 is 0 Å². The van der Waals surface area contributed by atoms with Gasteiger partial charge in [-0.25, -0.2) is 0 Å². The Balaban J connectivity index is 1.50. The first-order valence-electron chi connectivity index (χ1n) is 12.0. The number of aliphatic carboxylic acids is 1. The number of carboxylic acids is 1. The van der Waals surface area contributed by atoms with E-state index in [4.69, 9.17) is 5.11 Å². The quantitative estimate of drug-likeness (QED) is 0.634. The second-order valence-electron chi connectivity index (χ2n) is 11.1. The number of carboxylic acid groups (broad SMARTS) is 1. The Kier molecular flexibility index (Phi) is 5.95. The van der Waals surface area contributed by atoms with Crippen LogP contribution in [0.3, 0.4) is 0 Å².